The first kappa shape index (κ1) is 13.5. The molecule has 1 amide bonds. The molecule has 1 aliphatic rings. The highest BCUT2D eigenvalue weighted by Crippen LogP contribution is 2.33. The molecule has 0 aliphatic carbocycles. The summed E-state index contributed by atoms with van der Waals surface area (Å²) in [5.74, 6) is 0.983. The van der Waals surface area contributed by atoms with Gasteiger partial charge in [-0.05, 0) is 31.8 Å². The molecule has 0 saturated carbocycles. The Balaban J connectivity index is 2.38. The van der Waals surface area contributed by atoms with Gasteiger partial charge in [-0.2, -0.15) is 0 Å². The molecule has 1 unspecified atom stereocenters. The molecule has 1 rings (SSSR count). The first-order chi connectivity index (χ1) is 7.30. The highest BCUT2D eigenvalue weighted by molar-refractivity contribution is 5.76. The van der Waals surface area contributed by atoms with Crippen molar-refractivity contribution >= 4 is 5.91 Å². The fourth-order valence-electron chi connectivity index (χ4n) is 2.17. The first-order valence-electron chi connectivity index (χ1n) is 6.23. The van der Waals surface area contributed by atoms with E-state index in [4.69, 9.17) is 0 Å². The topological polar surface area (TPSA) is 23.6 Å². The predicted octanol–water partition coefficient (Wildman–Crippen LogP) is 1.83. The molecule has 3 nitrogen and oxygen atoms in total. The Morgan fingerprint density at radius 3 is 2.44 bits per heavy atom. The third-order valence-corrected chi connectivity index (χ3v) is 3.54. The quantitative estimate of drug-likeness (QED) is 0.733. The molecule has 0 aromatic carbocycles. The van der Waals surface area contributed by atoms with Crippen molar-refractivity contribution in [3.8, 4) is 0 Å². The molecule has 1 aliphatic heterocycles. The van der Waals surface area contributed by atoms with Crippen LogP contribution in [0.5, 0.6) is 0 Å². The molecule has 0 spiro atoms. The molecule has 1 heterocycles. The summed E-state index contributed by atoms with van der Waals surface area (Å²) in [5, 5.41) is 0. The van der Waals surface area contributed by atoms with Crippen LogP contribution in [0, 0.1) is 11.3 Å². The molecule has 16 heavy (non-hydrogen) atoms. The minimum absolute atomic E-state index is 0.320. The van der Waals surface area contributed by atoms with Crippen LogP contribution < -0.4 is 0 Å². The van der Waals surface area contributed by atoms with Crippen LogP contribution in [-0.4, -0.2) is 49.4 Å². The van der Waals surface area contributed by atoms with E-state index in [0.717, 1.165) is 26.1 Å². The van der Waals surface area contributed by atoms with E-state index in [2.05, 4.69) is 25.7 Å². The van der Waals surface area contributed by atoms with Gasteiger partial charge in [0.15, 0.2) is 0 Å². The zero-order valence-electron chi connectivity index (χ0n) is 11.4. The minimum Gasteiger partial charge on any atom is -0.342 e. The van der Waals surface area contributed by atoms with Crippen LogP contribution in [0.4, 0.5) is 0 Å². The lowest BCUT2D eigenvalue weighted by Crippen LogP contribution is -2.32. The first-order valence-corrected chi connectivity index (χ1v) is 6.23. The Morgan fingerprint density at radius 2 is 2.00 bits per heavy atom. The van der Waals surface area contributed by atoms with Gasteiger partial charge in [-0.25, -0.2) is 0 Å². The number of amides is 1. The van der Waals surface area contributed by atoms with E-state index in [1.807, 2.05) is 19.0 Å². The van der Waals surface area contributed by atoms with E-state index >= 15 is 0 Å². The van der Waals surface area contributed by atoms with Gasteiger partial charge in [0.2, 0.25) is 5.91 Å². The van der Waals surface area contributed by atoms with Crippen molar-refractivity contribution in [2.75, 3.05) is 33.7 Å². The van der Waals surface area contributed by atoms with Crippen molar-refractivity contribution < 1.29 is 4.79 Å². The number of hydrogen-bond donors (Lipinski definition) is 0. The number of carbonyl (C=O) groups excluding carboxylic acids is 1. The summed E-state index contributed by atoms with van der Waals surface area (Å²) in [6.45, 7) is 9.57. The summed E-state index contributed by atoms with van der Waals surface area (Å²) in [4.78, 5) is 16.0. The largest absolute Gasteiger partial charge is 0.342 e. The Labute approximate surface area is 99.8 Å². The number of likely N-dealkylation sites (tertiary alicyclic amines) is 1. The van der Waals surface area contributed by atoms with Crippen LogP contribution in [0.25, 0.3) is 0 Å². The van der Waals surface area contributed by atoms with Crippen LogP contribution in [0.1, 0.15) is 33.6 Å². The van der Waals surface area contributed by atoms with Crippen LogP contribution in [0.2, 0.25) is 0 Å². The molecule has 1 saturated heterocycles. The summed E-state index contributed by atoms with van der Waals surface area (Å²) in [7, 11) is 4.02. The van der Waals surface area contributed by atoms with Gasteiger partial charge in [0.05, 0.1) is 0 Å². The molecule has 1 fully saturated rings. The molecule has 0 aromatic rings. The van der Waals surface area contributed by atoms with Crippen LogP contribution in [-0.2, 0) is 4.79 Å². The van der Waals surface area contributed by atoms with Crippen LogP contribution in [0.15, 0.2) is 0 Å². The van der Waals surface area contributed by atoms with Gasteiger partial charge in [-0.15, -0.1) is 0 Å². The number of hydrogen-bond acceptors (Lipinski definition) is 2. The molecule has 0 radical (unpaired) electrons. The summed E-state index contributed by atoms with van der Waals surface area (Å²) in [5.41, 5.74) is 0.330. The third-order valence-electron chi connectivity index (χ3n) is 3.54. The van der Waals surface area contributed by atoms with E-state index in [0.29, 0.717) is 23.7 Å². The molecule has 0 bridgehead atoms. The van der Waals surface area contributed by atoms with Crippen molar-refractivity contribution in [1.29, 1.82) is 0 Å². The predicted molar refractivity (Wildman–Crippen MR) is 67.3 cm³/mol. The van der Waals surface area contributed by atoms with Crippen molar-refractivity contribution in [2.24, 2.45) is 11.3 Å². The van der Waals surface area contributed by atoms with E-state index in [9.17, 15) is 4.79 Å². The zero-order valence-corrected chi connectivity index (χ0v) is 11.4. The second-order valence-electron chi connectivity index (χ2n) is 6.24. The molecular weight excluding hydrogens is 200 g/mol. The molecule has 0 aromatic heterocycles. The SMILES string of the molecule is CN(C)CCC(=O)N1CCC(C(C)(C)C)C1. The Kier molecular flexibility index (Phi) is 4.36. The van der Waals surface area contributed by atoms with Gasteiger partial charge in [-0.3, -0.25) is 4.79 Å². The van der Waals surface area contributed by atoms with Crippen LogP contribution in [0.3, 0.4) is 0 Å². The highest BCUT2D eigenvalue weighted by atomic mass is 16.2. The maximum absolute atomic E-state index is 11.9. The summed E-state index contributed by atoms with van der Waals surface area (Å²) < 4.78 is 0. The lowest BCUT2D eigenvalue weighted by Gasteiger charge is -2.27. The number of rotatable bonds is 3. The van der Waals surface area contributed by atoms with Gasteiger partial charge >= 0.3 is 0 Å². The van der Waals surface area contributed by atoms with E-state index in [-0.39, 0.29) is 0 Å². The highest BCUT2D eigenvalue weighted by Gasteiger charge is 2.33. The maximum Gasteiger partial charge on any atom is 0.223 e. The minimum atomic E-state index is 0.320. The lowest BCUT2D eigenvalue weighted by atomic mass is 9.80. The molecular formula is C13H26N2O. The molecule has 3 heteroatoms. The summed E-state index contributed by atoms with van der Waals surface area (Å²) in [6.07, 6.45) is 1.82. The average Bonchev–Trinajstić information content (AvgIpc) is 2.61. The van der Waals surface area contributed by atoms with Crippen molar-refractivity contribution in [3.63, 3.8) is 0 Å². The van der Waals surface area contributed by atoms with Gasteiger partial charge in [-0.1, -0.05) is 20.8 Å². The van der Waals surface area contributed by atoms with Crippen LogP contribution >= 0.6 is 0 Å². The standard InChI is InChI=1S/C13H26N2O/c1-13(2,3)11-6-9-15(10-11)12(16)7-8-14(4)5/h11H,6-10H2,1-5H3. The Hall–Kier alpha value is -0.570. The fourth-order valence-corrected chi connectivity index (χ4v) is 2.17. The van der Waals surface area contributed by atoms with Crippen molar-refractivity contribution in [1.82, 2.24) is 9.80 Å². The van der Waals surface area contributed by atoms with Gasteiger partial charge in [0.1, 0.15) is 0 Å². The smallest absolute Gasteiger partial charge is 0.223 e. The maximum atomic E-state index is 11.9. The van der Waals surface area contributed by atoms with Crippen molar-refractivity contribution in [3.05, 3.63) is 0 Å². The summed E-state index contributed by atoms with van der Waals surface area (Å²) in [6, 6.07) is 0. The van der Waals surface area contributed by atoms with Crippen molar-refractivity contribution in [2.45, 2.75) is 33.6 Å². The second-order valence-corrected chi connectivity index (χ2v) is 6.24. The zero-order chi connectivity index (χ0) is 12.3. The average molecular weight is 226 g/mol. The normalized spacial score (nSPS) is 21.9. The van der Waals surface area contributed by atoms with E-state index < -0.39 is 0 Å². The fraction of sp³-hybridized carbons (Fsp3) is 0.923. The van der Waals surface area contributed by atoms with Gasteiger partial charge in [0.25, 0.3) is 0 Å². The number of nitrogens with zero attached hydrogens (tertiary/aromatic N) is 2. The Morgan fingerprint density at radius 1 is 1.38 bits per heavy atom. The van der Waals surface area contributed by atoms with Gasteiger partial charge in [0, 0.05) is 26.1 Å². The van der Waals surface area contributed by atoms with Gasteiger partial charge < -0.3 is 9.80 Å². The Bertz CT molecular complexity index is 243. The van der Waals surface area contributed by atoms with E-state index in [1.165, 1.54) is 0 Å². The molecule has 1 atom stereocenters. The third kappa shape index (κ3) is 3.78. The molecule has 0 N–H and O–H groups in total. The summed E-state index contributed by atoms with van der Waals surface area (Å²) >= 11 is 0. The monoisotopic (exact) mass is 226 g/mol. The number of carbonyl (C=O) groups is 1. The second kappa shape index (κ2) is 5.17. The lowest BCUT2D eigenvalue weighted by molar-refractivity contribution is -0.130. The molecule has 94 valence electrons. The van der Waals surface area contributed by atoms with E-state index in [1.54, 1.807) is 0 Å².